The highest BCUT2D eigenvalue weighted by molar-refractivity contribution is 4.89. The van der Waals surface area contributed by atoms with Crippen molar-refractivity contribution in [3.63, 3.8) is 0 Å². The molecule has 0 aromatic heterocycles. The molecule has 2 unspecified atom stereocenters. The van der Waals surface area contributed by atoms with Gasteiger partial charge in [-0.25, -0.2) is 0 Å². The summed E-state index contributed by atoms with van der Waals surface area (Å²) in [5, 5.41) is 3.53. The third-order valence-corrected chi connectivity index (χ3v) is 4.45. The second-order valence-electron chi connectivity index (χ2n) is 6.60. The predicted octanol–water partition coefficient (Wildman–Crippen LogP) is 2.66. The average molecular weight is 268 g/mol. The van der Waals surface area contributed by atoms with Crippen molar-refractivity contribution < 1.29 is 4.74 Å². The van der Waals surface area contributed by atoms with Crippen molar-refractivity contribution in [2.45, 2.75) is 64.5 Å². The number of fused-ring (bicyclic) bond motifs is 1. The van der Waals surface area contributed by atoms with Crippen LogP contribution in [0.3, 0.4) is 0 Å². The van der Waals surface area contributed by atoms with Crippen LogP contribution in [0.2, 0.25) is 0 Å². The lowest BCUT2D eigenvalue weighted by Crippen LogP contribution is -2.48. The summed E-state index contributed by atoms with van der Waals surface area (Å²) in [7, 11) is 0. The molecule has 0 aromatic carbocycles. The van der Waals surface area contributed by atoms with Crippen LogP contribution in [-0.2, 0) is 4.74 Å². The maximum Gasteiger partial charge on any atom is 0.0730 e. The van der Waals surface area contributed by atoms with Gasteiger partial charge in [0.15, 0.2) is 0 Å². The van der Waals surface area contributed by atoms with Crippen molar-refractivity contribution in [3.05, 3.63) is 0 Å². The molecule has 1 aliphatic heterocycles. The minimum Gasteiger partial charge on any atom is -0.375 e. The molecule has 2 rings (SSSR count). The van der Waals surface area contributed by atoms with Gasteiger partial charge in [0.2, 0.25) is 0 Å². The minimum absolute atomic E-state index is 0.557. The number of hydrogen-bond acceptors (Lipinski definition) is 3. The molecule has 1 aliphatic carbocycles. The van der Waals surface area contributed by atoms with E-state index in [1.54, 1.807) is 0 Å². The largest absolute Gasteiger partial charge is 0.375 e. The molecule has 1 saturated carbocycles. The highest BCUT2D eigenvalue weighted by atomic mass is 16.5. The molecule has 1 saturated heterocycles. The predicted molar refractivity (Wildman–Crippen MR) is 80.5 cm³/mol. The molecule has 1 heterocycles. The van der Waals surface area contributed by atoms with Crippen LogP contribution in [0.25, 0.3) is 0 Å². The zero-order valence-corrected chi connectivity index (χ0v) is 12.9. The van der Waals surface area contributed by atoms with Gasteiger partial charge in [0.05, 0.1) is 12.7 Å². The number of nitrogens with zero attached hydrogens (tertiary/aromatic N) is 1. The summed E-state index contributed by atoms with van der Waals surface area (Å²) in [5.41, 5.74) is 0. The van der Waals surface area contributed by atoms with Gasteiger partial charge in [-0.3, -0.25) is 4.90 Å². The Labute approximate surface area is 119 Å². The molecule has 112 valence electrons. The lowest BCUT2D eigenvalue weighted by molar-refractivity contribution is -0.0558. The monoisotopic (exact) mass is 268 g/mol. The van der Waals surface area contributed by atoms with Crippen molar-refractivity contribution in [3.8, 4) is 0 Å². The molecule has 19 heavy (non-hydrogen) atoms. The van der Waals surface area contributed by atoms with Gasteiger partial charge in [-0.15, -0.1) is 0 Å². The molecule has 2 atom stereocenters. The van der Waals surface area contributed by atoms with E-state index in [0.29, 0.717) is 6.10 Å². The Morgan fingerprint density at radius 2 is 2.11 bits per heavy atom. The van der Waals surface area contributed by atoms with Gasteiger partial charge < -0.3 is 10.1 Å². The number of rotatable bonds is 8. The summed E-state index contributed by atoms with van der Waals surface area (Å²) in [6, 6.07) is 0.743. The first kappa shape index (κ1) is 15.3. The molecule has 0 aromatic rings. The summed E-state index contributed by atoms with van der Waals surface area (Å²) in [6.07, 6.45) is 8.62. The fourth-order valence-corrected chi connectivity index (χ4v) is 3.42. The van der Waals surface area contributed by atoms with E-state index in [4.69, 9.17) is 4.74 Å². The van der Waals surface area contributed by atoms with Crippen LogP contribution in [-0.4, -0.2) is 49.8 Å². The Kier molecular flexibility index (Phi) is 6.62. The third-order valence-electron chi connectivity index (χ3n) is 4.45. The van der Waals surface area contributed by atoms with Gasteiger partial charge in [-0.05, 0) is 57.7 Å². The summed E-state index contributed by atoms with van der Waals surface area (Å²) in [5.74, 6) is 0.771. The van der Waals surface area contributed by atoms with Crippen LogP contribution in [0.1, 0.15) is 52.4 Å². The SMILES string of the molecule is CC(C)CNCCCCCN1CCOC2CCCC21. The van der Waals surface area contributed by atoms with Crippen LogP contribution < -0.4 is 5.32 Å². The Morgan fingerprint density at radius 3 is 2.95 bits per heavy atom. The number of nitrogens with one attached hydrogen (secondary N) is 1. The Morgan fingerprint density at radius 1 is 1.21 bits per heavy atom. The van der Waals surface area contributed by atoms with E-state index in [0.717, 1.165) is 31.7 Å². The summed E-state index contributed by atoms with van der Waals surface area (Å²) >= 11 is 0. The third kappa shape index (κ3) is 5.05. The number of hydrogen-bond donors (Lipinski definition) is 1. The van der Waals surface area contributed by atoms with Gasteiger partial charge in [-0.1, -0.05) is 20.3 Å². The number of morpholine rings is 1. The summed E-state index contributed by atoms with van der Waals surface area (Å²) in [4.78, 5) is 2.70. The van der Waals surface area contributed by atoms with Gasteiger partial charge in [-0.2, -0.15) is 0 Å². The molecule has 0 spiro atoms. The van der Waals surface area contributed by atoms with Gasteiger partial charge in [0, 0.05) is 12.6 Å². The Hall–Kier alpha value is -0.120. The first-order chi connectivity index (χ1) is 9.27. The van der Waals surface area contributed by atoms with E-state index in [1.807, 2.05) is 0 Å². The van der Waals surface area contributed by atoms with Gasteiger partial charge >= 0.3 is 0 Å². The molecule has 2 fully saturated rings. The molecule has 3 heteroatoms. The second kappa shape index (κ2) is 8.23. The molecule has 2 aliphatic rings. The summed E-state index contributed by atoms with van der Waals surface area (Å²) < 4.78 is 5.86. The first-order valence-corrected chi connectivity index (χ1v) is 8.33. The Balaban J connectivity index is 1.51. The van der Waals surface area contributed by atoms with Crippen LogP contribution in [0, 0.1) is 5.92 Å². The topological polar surface area (TPSA) is 24.5 Å². The molecule has 0 bridgehead atoms. The van der Waals surface area contributed by atoms with Gasteiger partial charge in [0.1, 0.15) is 0 Å². The smallest absolute Gasteiger partial charge is 0.0730 e. The first-order valence-electron chi connectivity index (χ1n) is 8.33. The quantitative estimate of drug-likeness (QED) is 0.685. The zero-order valence-electron chi connectivity index (χ0n) is 12.9. The van der Waals surface area contributed by atoms with Crippen molar-refractivity contribution in [1.29, 1.82) is 0 Å². The fourth-order valence-electron chi connectivity index (χ4n) is 3.42. The van der Waals surface area contributed by atoms with E-state index < -0.39 is 0 Å². The molecule has 0 radical (unpaired) electrons. The van der Waals surface area contributed by atoms with E-state index in [9.17, 15) is 0 Å². The van der Waals surface area contributed by atoms with Crippen molar-refractivity contribution in [2.24, 2.45) is 5.92 Å². The lowest BCUT2D eigenvalue weighted by atomic mass is 10.1. The van der Waals surface area contributed by atoms with Crippen molar-refractivity contribution in [1.82, 2.24) is 10.2 Å². The highest BCUT2D eigenvalue weighted by Crippen LogP contribution is 2.29. The van der Waals surface area contributed by atoms with E-state index in [2.05, 4.69) is 24.1 Å². The van der Waals surface area contributed by atoms with Crippen molar-refractivity contribution >= 4 is 0 Å². The van der Waals surface area contributed by atoms with E-state index in [-0.39, 0.29) is 0 Å². The highest BCUT2D eigenvalue weighted by Gasteiger charge is 2.35. The Bertz CT molecular complexity index is 245. The van der Waals surface area contributed by atoms with Crippen LogP contribution in [0.4, 0.5) is 0 Å². The summed E-state index contributed by atoms with van der Waals surface area (Å²) in [6.45, 7) is 10.3. The van der Waals surface area contributed by atoms with E-state index >= 15 is 0 Å². The maximum atomic E-state index is 5.86. The lowest BCUT2D eigenvalue weighted by Gasteiger charge is -2.37. The van der Waals surface area contributed by atoms with Gasteiger partial charge in [0.25, 0.3) is 0 Å². The fraction of sp³-hybridized carbons (Fsp3) is 1.00. The normalized spacial score (nSPS) is 27.9. The van der Waals surface area contributed by atoms with Crippen LogP contribution in [0.5, 0.6) is 0 Å². The standard InChI is InChI=1S/C16H32N2O/c1-14(2)13-17-9-4-3-5-10-18-11-12-19-16-8-6-7-15(16)18/h14-17H,3-13H2,1-2H3. The minimum atomic E-state index is 0.557. The zero-order chi connectivity index (χ0) is 13.5. The van der Waals surface area contributed by atoms with E-state index in [1.165, 1.54) is 51.6 Å². The van der Waals surface area contributed by atoms with Crippen molar-refractivity contribution in [2.75, 3.05) is 32.8 Å². The van der Waals surface area contributed by atoms with Crippen LogP contribution in [0.15, 0.2) is 0 Å². The second-order valence-corrected chi connectivity index (χ2v) is 6.60. The number of unbranched alkanes of at least 4 members (excludes halogenated alkanes) is 2. The van der Waals surface area contributed by atoms with Crippen LogP contribution >= 0.6 is 0 Å². The molecule has 3 nitrogen and oxygen atoms in total. The molecular formula is C16H32N2O. The molecule has 0 amide bonds. The molecule has 1 N–H and O–H groups in total. The molecular weight excluding hydrogens is 236 g/mol. The average Bonchev–Trinajstić information content (AvgIpc) is 2.86. The number of ether oxygens (including phenoxy) is 1. The maximum absolute atomic E-state index is 5.86.